The Bertz CT molecular complexity index is 795. The average molecular weight is 354 g/mol. The maximum absolute atomic E-state index is 12.5. The van der Waals surface area contributed by atoms with Crippen molar-refractivity contribution < 1.29 is 14.7 Å². The minimum absolute atomic E-state index is 0.167. The van der Waals surface area contributed by atoms with Crippen molar-refractivity contribution in [3.8, 4) is 5.69 Å². The molecule has 136 valence electrons. The summed E-state index contributed by atoms with van der Waals surface area (Å²) in [6.07, 6.45) is 8.15. The van der Waals surface area contributed by atoms with Crippen LogP contribution in [0.25, 0.3) is 5.69 Å². The van der Waals surface area contributed by atoms with Crippen LogP contribution in [0.3, 0.4) is 0 Å². The van der Waals surface area contributed by atoms with E-state index in [1.165, 1.54) is 0 Å². The Hall–Kier alpha value is -2.70. The van der Waals surface area contributed by atoms with Gasteiger partial charge in [0.2, 0.25) is 0 Å². The zero-order valence-electron chi connectivity index (χ0n) is 14.5. The van der Waals surface area contributed by atoms with Gasteiger partial charge in [0.05, 0.1) is 23.5 Å². The molecule has 1 aromatic heterocycles. The highest BCUT2D eigenvalue weighted by atomic mass is 16.4. The predicted molar refractivity (Wildman–Crippen MR) is 93.8 cm³/mol. The molecule has 7 heteroatoms. The van der Waals surface area contributed by atoms with Crippen molar-refractivity contribution in [2.24, 2.45) is 17.3 Å². The molecule has 0 aliphatic heterocycles. The molecule has 2 bridgehead atoms. The van der Waals surface area contributed by atoms with E-state index in [2.05, 4.69) is 15.6 Å². The van der Waals surface area contributed by atoms with E-state index in [4.69, 9.17) is 0 Å². The third-order valence-corrected chi connectivity index (χ3v) is 6.09. The monoisotopic (exact) mass is 354 g/mol. The molecule has 0 spiro atoms. The molecular formula is C19H22N4O3. The van der Waals surface area contributed by atoms with Gasteiger partial charge in [-0.25, -0.2) is 4.68 Å². The first-order valence-electron chi connectivity index (χ1n) is 9.07. The molecule has 1 heterocycles. The van der Waals surface area contributed by atoms with Crippen molar-refractivity contribution in [1.29, 1.82) is 0 Å². The van der Waals surface area contributed by atoms with Crippen molar-refractivity contribution in [2.75, 3.05) is 6.54 Å². The second kappa shape index (κ2) is 6.55. The molecule has 5 rings (SSSR count). The standard InChI is InChI=1S/C19H22N4O3/c24-17(14-3-7-16(8-4-14)23-10-9-21-22-23)20-12-19(18(25)26)11-13-1-5-15(19)6-2-13/h3-4,7-10,13,15H,1-2,5-6,11-12H2,(H,20,24)(H,25,26). The number of carbonyl (C=O) groups is 2. The summed E-state index contributed by atoms with van der Waals surface area (Å²) in [5, 5.41) is 20.4. The van der Waals surface area contributed by atoms with E-state index in [-0.39, 0.29) is 18.4 Å². The molecule has 3 aliphatic carbocycles. The summed E-state index contributed by atoms with van der Waals surface area (Å²) in [6.45, 7) is 0.202. The van der Waals surface area contributed by atoms with Crippen LogP contribution in [0.1, 0.15) is 42.5 Å². The first-order valence-corrected chi connectivity index (χ1v) is 9.07. The van der Waals surface area contributed by atoms with Crippen molar-refractivity contribution in [3.05, 3.63) is 42.2 Å². The number of carbonyl (C=O) groups excluding carboxylic acids is 1. The summed E-state index contributed by atoms with van der Waals surface area (Å²) in [6, 6.07) is 7.01. The number of hydrogen-bond donors (Lipinski definition) is 2. The van der Waals surface area contributed by atoms with Crippen molar-refractivity contribution in [3.63, 3.8) is 0 Å². The van der Waals surface area contributed by atoms with Crippen LogP contribution >= 0.6 is 0 Å². The summed E-state index contributed by atoms with van der Waals surface area (Å²) < 4.78 is 1.61. The maximum atomic E-state index is 12.5. The fraction of sp³-hybridized carbons (Fsp3) is 0.474. The SMILES string of the molecule is O=C(NCC1(C(=O)O)CC2CCC1CC2)c1ccc(-n2ccnn2)cc1. The Morgan fingerprint density at radius 2 is 1.92 bits per heavy atom. The Kier molecular flexibility index (Phi) is 4.22. The van der Waals surface area contributed by atoms with Crippen molar-refractivity contribution in [2.45, 2.75) is 32.1 Å². The molecule has 1 atom stereocenters. The van der Waals surface area contributed by atoms with E-state index in [1.54, 1.807) is 41.3 Å². The van der Waals surface area contributed by atoms with E-state index in [1.807, 2.05) is 0 Å². The number of hydrogen-bond acceptors (Lipinski definition) is 4. The topological polar surface area (TPSA) is 97.1 Å². The van der Waals surface area contributed by atoms with Gasteiger partial charge >= 0.3 is 5.97 Å². The van der Waals surface area contributed by atoms with E-state index in [9.17, 15) is 14.7 Å². The van der Waals surface area contributed by atoms with Gasteiger partial charge in [0.1, 0.15) is 0 Å². The van der Waals surface area contributed by atoms with Crippen LogP contribution < -0.4 is 5.32 Å². The number of carboxylic acids is 1. The first kappa shape index (κ1) is 16.8. The number of nitrogens with one attached hydrogen (secondary N) is 1. The molecule has 1 aromatic carbocycles. The van der Waals surface area contributed by atoms with E-state index >= 15 is 0 Å². The Labute approximate surface area is 151 Å². The van der Waals surface area contributed by atoms with Gasteiger partial charge in [-0.15, -0.1) is 5.10 Å². The highest BCUT2D eigenvalue weighted by molar-refractivity contribution is 5.94. The molecule has 2 N–H and O–H groups in total. The van der Waals surface area contributed by atoms with Gasteiger partial charge in [-0.05, 0) is 55.4 Å². The highest BCUT2D eigenvalue weighted by Gasteiger charge is 2.52. The van der Waals surface area contributed by atoms with Crippen LogP contribution in [-0.2, 0) is 4.79 Å². The van der Waals surface area contributed by atoms with E-state index in [0.717, 1.165) is 31.4 Å². The van der Waals surface area contributed by atoms with Crippen molar-refractivity contribution in [1.82, 2.24) is 20.3 Å². The molecule has 1 amide bonds. The lowest BCUT2D eigenvalue weighted by atomic mass is 9.56. The van der Waals surface area contributed by atoms with Crippen molar-refractivity contribution >= 4 is 11.9 Å². The lowest BCUT2D eigenvalue weighted by Gasteiger charge is -2.49. The molecule has 3 aliphatic rings. The van der Waals surface area contributed by atoms with Crippen LogP contribution in [0.15, 0.2) is 36.7 Å². The minimum Gasteiger partial charge on any atom is -0.481 e. The summed E-state index contributed by atoms with van der Waals surface area (Å²) in [5.41, 5.74) is 0.512. The molecule has 3 saturated carbocycles. The molecule has 7 nitrogen and oxygen atoms in total. The van der Waals surface area contributed by atoms with Gasteiger partial charge < -0.3 is 10.4 Å². The summed E-state index contributed by atoms with van der Waals surface area (Å²) in [7, 11) is 0. The number of amides is 1. The Morgan fingerprint density at radius 3 is 2.46 bits per heavy atom. The number of fused-ring (bicyclic) bond motifs is 3. The van der Waals surface area contributed by atoms with Crippen LogP contribution in [0.5, 0.6) is 0 Å². The lowest BCUT2D eigenvalue weighted by Crippen LogP contribution is -2.53. The third-order valence-electron chi connectivity index (χ3n) is 6.09. The minimum atomic E-state index is -0.808. The number of aliphatic carboxylic acids is 1. The summed E-state index contributed by atoms with van der Waals surface area (Å²) in [5.74, 6) is -0.360. The van der Waals surface area contributed by atoms with Gasteiger partial charge in [-0.3, -0.25) is 9.59 Å². The molecule has 1 unspecified atom stereocenters. The van der Waals surface area contributed by atoms with Gasteiger partial charge in [0.15, 0.2) is 0 Å². The Balaban J connectivity index is 1.45. The highest BCUT2D eigenvalue weighted by Crippen LogP contribution is 2.52. The molecule has 2 aromatic rings. The largest absolute Gasteiger partial charge is 0.481 e. The quantitative estimate of drug-likeness (QED) is 0.858. The van der Waals surface area contributed by atoms with Crippen LogP contribution in [0.2, 0.25) is 0 Å². The third kappa shape index (κ3) is 2.87. The predicted octanol–water partition coefficient (Wildman–Crippen LogP) is 2.28. The second-order valence-electron chi connectivity index (χ2n) is 7.46. The number of benzene rings is 1. The van der Waals surface area contributed by atoms with Gasteiger partial charge in [-0.1, -0.05) is 18.1 Å². The molecule has 3 fully saturated rings. The van der Waals surface area contributed by atoms with E-state index in [0.29, 0.717) is 17.9 Å². The average Bonchev–Trinajstić information content (AvgIpc) is 3.22. The smallest absolute Gasteiger partial charge is 0.311 e. The molecule has 26 heavy (non-hydrogen) atoms. The summed E-state index contributed by atoms with van der Waals surface area (Å²) >= 11 is 0. The summed E-state index contributed by atoms with van der Waals surface area (Å²) in [4.78, 5) is 24.5. The first-order chi connectivity index (χ1) is 12.6. The number of nitrogens with zero attached hydrogens (tertiary/aromatic N) is 3. The van der Waals surface area contributed by atoms with Gasteiger partial charge in [-0.2, -0.15) is 0 Å². The molecule has 0 saturated heterocycles. The fourth-order valence-corrected chi connectivity index (χ4v) is 4.61. The van der Waals surface area contributed by atoms with Gasteiger partial charge in [0, 0.05) is 12.1 Å². The normalized spacial score (nSPS) is 27.2. The molecular weight excluding hydrogens is 332 g/mol. The zero-order chi connectivity index (χ0) is 18.1. The van der Waals surface area contributed by atoms with Crippen LogP contribution in [0.4, 0.5) is 0 Å². The van der Waals surface area contributed by atoms with E-state index < -0.39 is 11.4 Å². The second-order valence-corrected chi connectivity index (χ2v) is 7.46. The van der Waals surface area contributed by atoms with Gasteiger partial charge in [0.25, 0.3) is 5.91 Å². The number of rotatable bonds is 5. The number of carboxylic acid groups (broad SMARTS) is 1. The Morgan fingerprint density at radius 1 is 1.19 bits per heavy atom. The maximum Gasteiger partial charge on any atom is 0.311 e. The van der Waals surface area contributed by atoms with Crippen LogP contribution in [0, 0.1) is 17.3 Å². The number of aromatic nitrogens is 3. The fourth-order valence-electron chi connectivity index (χ4n) is 4.61. The zero-order valence-corrected chi connectivity index (χ0v) is 14.5. The van der Waals surface area contributed by atoms with Crippen LogP contribution in [-0.4, -0.2) is 38.5 Å². The molecule has 0 radical (unpaired) electrons. The lowest BCUT2D eigenvalue weighted by molar-refractivity contribution is -0.159.